The summed E-state index contributed by atoms with van der Waals surface area (Å²) >= 11 is 0. The fourth-order valence-corrected chi connectivity index (χ4v) is 19.0. The first-order valence-electron chi connectivity index (χ1n) is 47.2. The molecule has 0 spiro atoms. The predicted octanol–water partition coefficient (Wildman–Crippen LogP) is 33.8. The molecular weight excluding hydrogens is 1700 g/mol. The lowest BCUT2D eigenvalue weighted by molar-refractivity contribution is 1.07. The van der Waals surface area contributed by atoms with Gasteiger partial charge in [0, 0.05) is 50.1 Å². The summed E-state index contributed by atoms with van der Waals surface area (Å²) in [5, 5.41) is 19.3. The van der Waals surface area contributed by atoms with Crippen molar-refractivity contribution < 1.29 is 0 Å². The SMILES string of the molecule is c1ccc(-c2nc(-c3ccc4ccccc4c3)nc(-c3ccccc3-c3ccc4cc(-c5ccc6ccccc6c5)ccc4c3)n2)cc1.c1ccc(-c2nc(-c3ccccc3)nc(-c3ccccc3-c3ccc4cc(-c5ccc6ccccc6c5)ccc4c3)n2)cc1.c1ccc(-c2nc(-c3ccccc3-c3ccc4cc(-c5ccc6ccccc6c5)ccc4c3)nc(-c3cccc4ccccc34)n2)cc1. The minimum absolute atomic E-state index is 0.647. The van der Waals surface area contributed by atoms with Gasteiger partial charge in [0.25, 0.3) is 0 Å². The zero-order chi connectivity index (χ0) is 93.0. The van der Waals surface area contributed by atoms with E-state index in [-0.39, 0.29) is 0 Å². The molecule has 26 rings (SSSR count). The normalized spacial score (nSPS) is 11.3. The summed E-state index contributed by atoms with van der Waals surface area (Å²) in [5.41, 5.74) is 22.5. The van der Waals surface area contributed by atoms with Gasteiger partial charge in [-0.3, -0.25) is 0 Å². The van der Waals surface area contributed by atoms with E-state index < -0.39 is 0 Å². The smallest absolute Gasteiger partial charge is 0.164 e. The molecule has 654 valence electrons. The van der Waals surface area contributed by atoms with Crippen molar-refractivity contribution in [1.82, 2.24) is 44.9 Å². The van der Waals surface area contributed by atoms with Gasteiger partial charge in [-0.15, -0.1) is 0 Å². The number of hydrogen-bond acceptors (Lipinski definition) is 9. The maximum absolute atomic E-state index is 5.14. The van der Waals surface area contributed by atoms with Gasteiger partial charge in [0.15, 0.2) is 52.4 Å². The van der Waals surface area contributed by atoms with Crippen LogP contribution in [0.2, 0.25) is 0 Å². The minimum Gasteiger partial charge on any atom is -0.208 e. The first-order chi connectivity index (χ1) is 69.3. The molecule has 140 heavy (non-hydrogen) atoms. The van der Waals surface area contributed by atoms with E-state index >= 15 is 0 Å². The number of fused-ring (bicyclic) bond motifs is 8. The van der Waals surface area contributed by atoms with E-state index in [1.807, 2.05) is 127 Å². The summed E-state index contributed by atoms with van der Waals surface area (Å²) in [7, 11) is 0. The molecule has 0 aliphatic heterocycles. The van der Waals surface area contributed by atoms with Crippen LogP contribution in [0.3, 0.4) is 0 Å². The lowest BCUT2D eigenvalue weighted by Gasteiger charge is -2.13. The van der Waals surface area contributed by atoms with Gasteiger partial charge in [0.05, 0.1) is 0 Å². The van der Waals surface area contributed by atoms with Crippen molar-refractivity contribution in [3.8, 4) is 169 Å². The van der Waals surface area contributed by atoms with Crippen LogP contribution in [0.5, 0.6) is 0 Å². The molecule has 9 heteroatoms. The number of hydrogen-bond donors (Lipinski definition) is 0. The van der Waals surface area contributed by atoms with Gasteiger partial charge in [-0.1, -0.05) is 455 Å². The lowest BCUT2D eigenvalue weighted by atomic mass is 9.94. The van der Waals surface area contributed by atoms with Crippen LogP contribution in [0.15, 0.2) is 516 Å². The van der Waals surface area contributed by atoms with Crippen molar-refractivity contribution in [2.24, 2.45) is 0 Å². The van der Waals surface area contributed by atoms with Crippen LogP contribution >= 0.6 is 0 Å². The predicted molar refractivity (Wildman–Crippen MR) is 581 cm³/mol. The van der Waals surface area contributed by atoms with Crippen molar-refractivity contribution in [3.05, 3.63) is 516 Å². The standard InChI is InChI=1S/2C45H29N3.C41H27N3/c1-2-12-32(13-3-1)43-46-44(40-25-19-31-11-5-7-15-34(31)29-40)48-45(47-43)42-17-9-8-16-41(42)39-24-23-37-27-36(21-22-38(37)28-39)35-20-18-30-10-4-6-14-33(30)26-35;1-2-13-32(14-3-1)43-46-44(48-45(47-43)42-20-10-16-31-12-6-7-17-39(31)42)41-19-9-8-18-40(41)38-26-25-36-28-35(23-24-37(36)29-38)34-22-21-30-11-4-5-15-33(30)27-34;1-3-12-29(13-4-1)39-42-40(30-14-5-2-6-15-30)44-41(43-39)38-18-10-9-17-37(38)36-24-23-34-26-33(21-22-35(34)27-36)32-20-19-28-11-7-8-16-31(28)25-32/h2*1-29H;1-27H. The van der Waals surface area contributed by atoms with Crippen molar-refractivity contribution in [2.45, 2.75) is 0 Å². The molecule has 0 aliphatic rings. The Morgan fingerprint density at radius 3 is 0.557 bits per heavy atom. The van der Waals surface area contributed by atoms with Crippen LogP contribution in [-0.4, -0.2) is 44.9 Å². The number of aromatic nitrogens is 9. The molecule has 0 aliphatic carbocycles. The van der Waals surface area contributed by atoms with Crippen LogP contribution in [0.25, 0.3) is 255 Å². The van der Waals surface area contributed by atoms with Crippen LogP contribution < -0.4 is 0 Å². The molecule has 0 bridgehead atoms. The Bertz CT molecular complexity index is 9140. The van der Waals surface area contributed by atoms with Crippen LogP contribution in [0.1, 0.15) is 0 Å². The zero-order valence-corrected chi connectivity index (χ0v) is 76.1. The number of rotatable bonds is 15. The molecule has 0 saturated carbocycles. The lowest BCUT2D eigenvalue weighted by Crippen LogP contribution is -2.01. The summed E-state index contributed by atoms with van der Waals surface area (Å²) in [4.78, 5) is 45.2. The van der Waals surface area contributed by atoms with E-state index in [9.17, 15) is 0 Å². The molecular formula is C131H85N9. The highest BCUT2D eigenvalue weighted by Gasteiger charge is 2.23. The van der Waals surface area contributed by atoms with Crippen molar-refractivity contribution >= 4 is 86.2 Å². The summed E-state index contributed by atoms with van der Waals surface area (Å²) in [6, 6.07) is 181. The highest BCUT2D eigenvalue weighted by molar-refractivity contribution is 6.01. The van der Waals surface area contributed by atoms with Gasteiger partial charge in [-0.2, -0.15) is 0 Å². The molecule has 0 amide bonds. The molecule has 0 atom stereocenters. The highest BCUT2D eigenvalue weighted by atomic mass is 15.1. The third-order valence-electron chi connectivity index (χ3n) is 26.3. The van der Waals surface area contributed by atoms with E-state index in [1.54, 1.807) is 0 Å². The highest BCUT2D eigenvalue weighted by Crippen LogP contribution is 2.43. The molecule has 3 heterocycles. The average Bonchev–Trinajstić information content (AvgIpc) is 0.775. The fraction of sp³-hybridized carbons (Fsp3) is 0. The van der Waals surface area contributed by atoms with Crippen molar-refractivity contribution in [1.29, 1.82) is 0 Å². The van der Waals surface area contributed by atoms with Gasteiger partial charge < -0.3 is 0 Å². The Morgan fingerprint density at radius 1 is 0.0857 bits per heavy atom. The fourth-order valence-electron chi connectivity index (χ4n) is 19.0. The summed E-state index contributed by atoms with van der Waals surface area (Å²) in [6.45, 7) is 0. The maximum Gasteiger partial charge on any atom is 0.164 e. The Hall–Kier alpha value is -18.8. The Balaban J connectivity index is 0.000000114. The van der Waals surface area contributed by atoms with Crippen LogP contribution in [0.4, 0.5) is 0 Å². The molecule has 9 nitrogen and oxygen atoms in total. The first kappa shape index (κ1) is 84.2. The van der Waals surface area contributed by atoms with E-state index in [1.165, 1.54) is 103 Å². The number of benzene rings is 23. The van der Waals surface area contributed by atoms with Gasteiger partial charge in [-0.05, 0) is 214 Å². The average molecular weight is 1790 g/mol. The van der Waals surface area contributed by atoms with Gasteiger partial charge in [0.2, 0.25) is 0 Å². The summed E-state index contributed by atoms with van der Waals surface area (Å²) < 4.78 is 0. The number of nitrogens with zero attached hydrogens (tertiary/aromatic N) is 9. The molecule has 3 aromatic heterocycles. The first-order valence-corrected chi connectivity index (χ1v) is 47.2. The topological polar surface area (TPSA) is 116 Å². The molecule has 0 unspecified atom stereocenters. The zero-order valence-electron chi connectivity index (χ0n) is 76.1. The third-order valence-corrected chi connectivity index (χ3v) is 26.3. The summed E-state index contributed by atoms with van der Waals surface area (Å²) in [6.07, 6.45) is 0. The molecule has 0 fully saturated rings. The van der Waals surface area contributed by atoms with Gasteiger partial charge in [-0.25, -0.2) is 44.9 Å². The maximum atomic E-state index is 5.14. The Morgan fingerprint density at radius 2 is 0.257 bits per heavy atom. The van der Waals surface area contributed by atoms with E-state index in [2.05, 4.69) is 388 Å². The third kappa shape index (κ3) is 17.4. The molecule has 23 aromatic carbocycles. The molecule has 0 saturated heterocycles. The van der Waals surface area contributed by atoms with Crippen molar-refractivity contribution in [3.63, 3.8) is 0 Å². The van der Waals surface area contributed by atoms with Crippen LogP contribution in [-0.2, 0) is 0 Å². The van der Waals surface area contributed by atoms with E-state index in [0.29, 0.717) is 52.4 Å². The monoisotopic (exact) mass is 1780 g/mol. The minimum atomic E-state index is 0.647. The van der Waals surface area contributed by atoms with Crippen molar-refractivity contribution in [2.75, 3.05) is 0 Å². The summed E-state index contributed by atoms with van der Waals surface area (Å²) in [5.74, 6) is 5.87. The molecule has 26 aromatic rings. The quantitative estimate of drug-likeness (QED) is 0.0989. The van der Waals surface area contributed by atoms with Gasteiger partial charge in [0.1, 0.15) is 0 Å². The van der Waals surface area contributed by atoms with Gasteiger partial charge >= 0.3 is 0 Å². The molecule has 0 radical (unpaired) electrons. The second kappa shape index (κ2) is 37.6. The Labute approximate surface area is 810 Å². The van der Waals surface area contributed by atoms with Crippen LogP contribution in [0, 0.1) is 0 Å². The second-order valence-corrected chi connectivity index (χ2v) is 35.1. The van der Waals surface area contributed by atoms with E-state index in [0.717, 1.165) is 99.6 Å². The van der Waals surface area contributed by atoms with E-state index in [4.69, 9.17) is 44.9 Å². The Kier molecular flexibility index (Phi) is 22.6. The second-order valence-electron chi connectivity index (χ2n) is 35.1. The largest absolute Gasteiger partial charge is 0.208 e. The molecule has 0 N–H and O–H groups in total.